The highest BCUT2D eigenvalue weighted by atomic mass is 79.9. The van der Waals surface area contributed by atoms with Crippen LogP contribution in [0.4, 0.5) is 5.69 Å². The second kappa shape index (κ2) is 8.17. The van der Waals surface area contributed by atoms with Crippen LogP contribution in [0.2, 0.25) is 5.02 Å². The fourth-order valence-electron chi connectivity index (χ4n) is 1.68. The summed E-state index contributed by atoms with van der Waals surface area (Å²) in [7, 11) is 0. The molecule has 6 heteroatoms. The van der Waals surface area contributed by atoms with Crippen LogP contribution in [-0.2, 0) is 4.74 Å². The molecule has 2 aromatic rings. The lowest BCUT2D eigenvalue weighted by Crippen LogP contribution is -2.12. The molecule has 0 aliphatic rings. The predicted octanol–water partition coefficient (Wildman–Crippen LogP) is 4.73. The Bertz CT molecular complexity index is 646. The number of hydrogen-bond acceptors (Lipinski definition) is 3. The van der Waals surface area contributed by atoms with Crippen LogP contribution in [0, 0.1) is 0 Å². The van der Waals surface area contributed by atoms with Crippen molar-refractivity contribution in [2.75, 3.05) is 18.7 Å². The van der Waals surface area contributed by atoms with Crippen molar-refractivity contribution in [1.29, 1.82) is 0 Å². The standard InChI is InChI=1S/C16H15BrClNO3/c1-2-21-10-22-13-6-3-11(4-7-13)16(20)19-15-8-5-12(18)9-14(15)17/h3-9H,2,10H2,1H3,(H,19,20). The van der Waals surface area contributed by atoms with Crippen LogP contribution in [0.15, 0.2) is 46.9 Å². The van der Waals surface area contributed by atoms with Crippen LogP contribution in [0.3, 0.4) is 0 Å². The third-order valence-electron chi connectivity index (χ3n) is 2.81. The van der Waals surface area contributed by atoms with Crippen molar-refractivity contribution >= 4 is 39.1 Å². The zero-order chi connectivity index (χ0) is 15.9. The monoisotopic (exact) mass is 383 g/mol. The number of halogens is 2. The van der Waals surface area contributed by atoms with Gasteiger partial charge in [0.15, 0.2) is 6.79 Å². The molecule has 1 N–H and O–H groups in total. The van der Waals surface area contributed by atoms with E-state index in [1.54, 1.807) is 42.5 Å². The van der Waals surface area contributed by atoms with Gasteiger partial charge in [-0.25, -0.2) is 0 Å². The van der Waals surface area contributed by atoms with E-state index < -0.39 is 0 Å². The van der Waals surface area contributed by atoms with E-state index in [1.807, 2.05) is 6.92 Å². The van der Waals surface area contributed by atoms with Crippen molar-refractivity contribution in [2.45, 2.75) is 6.92 Å². The number of carbonyl (C=O) groups excluding carboxylic acids is 1. The molecule has 0 fully saturated rings. The van der Waals surface area contributed by atoms with E-state index >= 15 is 0 Å². The van der Waals surface area contributed by atoms with Gasteiger partial charge in [-0.2, -0.15) is 0 Å². The lowest BCUT2D eigenvalue weighted by atomic mass is 10.2. The maximum Gasteiger partial charge on any atom is 0.255 e. The van der Waals surface area contributed by atoms with E-state index in [4.69, 9.17) is 21.1 Å². The third-order valence-corrected chi connectivity index (χ3v) is 3.70. The number of benzene rings is 2. The van der Waals surface area contributed by atoms with Crippen LogP contribution < -0.4 is 10.1 Å². The lowest BCUT2D eigenvalue weighted by Gasteiger charge is -2.09. The zero-order valence-electron chi connectivity index (χ0n) is 11.9. The summed E-state index contributed by atoms with van der Waals surface area (Å²) in [5, 5.41) is 3.41. The second-order valence-corrected chi connectivity index (χ2v) is 5.65. The molecule has 116 valence electrons. The molecular weight excluding hydrogens is 370 g/mol. The average Bonchev–Trinajstić information content (AvgIpc) is 2.51. The van der Waals surface area contributed by atoms with Gasteiger partial charge in [0.25, 0.3) is 5.91 Å². The van der Waals surface area contributed by atoms with E-state index in [9.17, 15) is 4.79 Å². The Balaban J connectivity index is 2.00. The summed E-state index contributed by atoms with van der Waals surface area (Å²) in [6.45, 7) is 2.68. The fraction of sp³-hybridized carbons (Fsp3) is 0.188. The summed E-state index contributed by atoms with van der Waals surface area (Å²) < 4.78 is 11.2. The van der Waals surface area contributed by atoms with Gasteiger partial charge in [-0.3, -0.25) is 4.79 Å². The van der Waals surface area contributed by atoms with Gasteiger partial charge in [-0.15, -0.1) is 0 Å². The Hall–Kier alpha value is -1.56. The molecule has 0 aromatic heterocycles. The molecule has 2 aromatic carbocycles. The lowest BCUT2D eigenvalue weighted by molar-refractivity contribution is 0.0224. The molecule has 22 heavy (non-hydrogen) atoms. The van der Waals surface area contributed by atoms with Gasteiger partial charge in [0, 0.05) is 21.7 Å². The Labute approximate surface area is 142 Å². The number of anilines is 1. The van der Waals surface area contributed by atoms with Crippen LogP contribution in [0.5, 0.6) is 5.75 Å². The van der Waals surface area contributed by atoms with Crippen molar-refractivity contribution in [3.63, 3.8) is 0 Å². The molecule has 0 aliphatic heterocycles. The topological polar surface area (TPSA) is 47.6 Å². The highest BCUT2D eigenvalue weighted by molar-refractivity contribution is 9.10. The Morgan fingerprint density at radius 2 is 1.95 bits per heavy atom. The Morgan fingerprint density at radius 3 is 2.59 bits per heavy atom. The summed E-state index contributed by atoms with van der Waals surface area (Å²) in [6, 6.07) is 12.0. The molecular formula is C16H15BrClNO3. The first-order valence-corrected chi connectivity index (χ1v) is 7.84. The first kappa shape index (κ1) is 16.8. The van der Waals surface area contributed by atoms with Crippen LogP contribution in [0.1, 0.15) is 17.3 Å². The fourth-order valence-corrected chi connectivity index (χ4v) is 2.46. The minimum atomic E-state index is -0.209. The molecule has 0 heterocycles. The molecule has 0 bridgehead atoms. The molecule has 0 radical (unpaired) electrons. The minimum absolute atomic E-state index is 0.194. The van der Waals surface area contributed by atoms with Gasteiger partial charge < -0.3 is 14.8 Å². The molecule has 2 rings (SSSR count). The van der Waals surface area contributed by atoms with Crippen molar-refractivity contribution in [3.8, 4) is 5.75 Å². The predicted molar refractivity (Wildman–Crippen MR) is 90.7 cm³/mol. The number of ether oxygens (including phenoxy) is 2. The number of hydrogen-bond donors (Lipinski definition) is 1. The first-order chi connectivity index (χ1) is 10.6. The Morgan fingerprint density at radius 1 is 1.23 bits per heavy atom. The van der Waals surface area contributed by atoms with Gasteiger partial charge in [0.2, 0.25) is 0 Å². The summed E-state index contributed by atoms with van der Waals surface area (Å²) in [4.78, 5) is 12.2. The summed E-state index contributed by atoms with van der Waals surface area (Å²) in [5.41, 5.74) is 1.19. The van der Waals surface area contributed by atoms with Gasteiger partial charge in [0.1, 0.15) is 5.75 Å². The van der Waals surface area contributed by atoms with Gasteiger partial charge in [-0.1, -0.05) is 11.6 Å². The third kappa shape index (κ3) is 4.73. The molecule has 1 amide bonds. The molecule has 4 nitrogen and oxygen atoms in total. The van der Waals surface area contributed by atoms with Crippen LogP contribution >= 0.6 is 27.5 Å². The quantitative estimate of drug-likeness (QED) is 0.578. The molecule has 0 spiro atoms. The second-order valence-electron chi connectivity index (χ2n) is 4.36. The van der Waals surface area contributed by atoms with Crippen LogP contribution in [-0.4, -0.2) is 19.3 Å². The zero-order valence-corrected chi connectivity index (χ0v) is 14.3. The summed E-state index contributed by atoms with van der Waals surface area (Å²) in [5.74, 6) is 0.442. The number of nitrogens with one attached hydrogen (secondary N) is 1. The van der Waals surface area contributed by atoms with Crippen LogP contribution in [0.25, 0.3) is 0 Å². The van der Waals surface area contributed by atoms with E-state index in [1.165, 1.54) is 0 Å². The average molecular weight is 385 g/mol. The normalized spacial score (nSPS) is 10.3. The smallest absolute Gasteiger partial charge is 0.255 e. The van der Waals surface area contributed by atoms with Crippen molar-refractivity contribution in [2.24, 2.45) is 0 Å². The first-order valence-electron chi connectivity index (χ1n) is 6.67. The van der Waals surface area contributed by atoms with Crippen molar-refractivity contribution in [1.82, 2.24) is 0 Å². The van der Waals surface area contributed by atoms with E-state index in [-0.39, 0.29) is 12.7 Å². The van der Waals surface area contributed by atoms with E-state index in [0.29, 0.717) is 28.6 Å². The highest BCUT2D eigenvalue weighted by Gasteiger charge is 2.09. The maximum absolute atomic E-state index is 12.2. The van der Waals surface area contributed by atoms with E-state index in [0.717, 1.165) is 4.47 Å². The van der Waals surface area contributed by atoms with Crippen molar-refractivity contribution in [3.05, 3.63) is 57.5 Å². The summed E-state index contributed by atoms with van der Waals surface area (Å²) >= 11 is 9.24. The molecule has 0 atom stereocenters. The van der Waals surface area contributed by atoms with Crippen molar-refractivity contribution < 1.29 is 14.3 Å². The largest absolute Gasteiger partial charge is 0.468 e. The summed E-state index contributed by atoms with van der Waals surface area (Å²) in [6.07, 6.45) is 0. The molecule has 0 aliphatic carbocycles. The number of rotatable bonds is 6. The highest BCUT2D eigenvalue weighted by Crippen LogP contribution is 2.26. The SMILES string of the molecule is CCOCOc1ccc(C(=O)Nc2ccc(Cl)cc2Br)cc1. The van der Waals surface area contributed by atoms with Gasteiger partial charge in [-0.05, 0) is 65.3 Å². The van der Waals surface area contributed by atoms with Gasteiger partial charge >= 0.3 is 0 Å². The maximum atomic E-state index is 12.2. The molecule has 0 saturated heterocycles. The Kier molecular flexibility index (Phi) is 6.24. The number of carbonyl (C=O) groups is 1. The number of amides is 1. The molecule has 0 unspecified atom stereocenters. The van der Waals surface area contributed by atoms with Gasteiger partial charge in [0.05, 0.1) is 5.69 Å². The van der Waals surface area contributed by atoms with E-state index in [2.05, 4.69) is 21.2 Å². The minimum Gasteiger partial charge on any atom is -0.468 e. The molecule has 0 saturated carbocycles.